The number of fused-ring (bicyclic) bond motifs is 8. The van der Waals surface area contributed by atoms with Crippen LogP contribution in [-0.4, -0.2) is 5.43 Å². The molecule has 0 aromatic heterocycles. The molecule has 0 nitrogen and oxygen atoms in total. The van der Waals surface area contributed by atoms with Crippen LogP contribution < -0.4 is 0 Å². The van der Waals surface area contributed by atoms with Gasteiger partial charge in [-0.15, -0.1) is 24.8 Å². The van der Waals surface area contributed by atoms with Gasteiger partial charge in [0, 0.05) is 0 Å². The fourth-order valence-corrected chi connectivity index (χ4v) is 30.9. The van der Waals surface area contributed by atoms with Gasteiger partial charge < -0.3 is 0 Å². The van der Waals surface area contributed by atoms with Gasteiger partial charge in [0.05, 0.1) is 0 Å². The minimum absolute atomic E-state index is 0. The average Bonchev–Trinajstić information content (AvgIpc) is 3.78. The molecule has 8 aromatic rings. The average molecular weight is 889 g/mol. The third-order valence-corrected chi connectivity index (χ3v) is 32.2. The second-order valence-corrected chi connectivity index (χ2v) is 34.1. The zero-order chi connectivity index (χ0) is 37.9. The van der Waals surface area contributed by atoms with Crippen LogP contribution in [0.1, 0.15) is 69.0 Å². The molecule has 2 unspecified atom stereocenters. The van der Waals surface area contributed by atoms with Crippen molar-refractivity contribution < 1.29 is 20.4 Å². The van der Waals surface area contributed by atoms with Crippen LogP contribution in [-0.2, 0) is 20.4 Å². The maximum atomic E-state index is 2.68. The molecule has 2 aliphatic rings. The molecule has 4 heteroatoms. The Kier molecular flexibility index (Phi) is 11.9. The number of benzene rings is 8. The van der Waals surface area contributed by atoms with E-state index in [0.29, 0.717) is 7.25 Å². The third-order valence-electron chi connectivity index (χ3n) is 12.7. The maximum Gasteiger partial charge on any atom is -0.147 e. The molecule has 58 heavy (non-hydrogen) atoms. The molecule has 0 radical (unpaired) electrons. The second kappa shape index (κ2) is 16.9. The SMILES string of the molecule is CCCC1=Cc2c(-c3cccc4c3ccc3ccccc34)cccc2[CH]1[Zr]([CH]1C(CCC)=Cc2c(-c3cccc4c3ccc3ccccc34)cccc21)=[Si](C)C.Cl.Cl. The van der Waals surface area contributed by atoms with Crippen LogP contribution in [0.5, 0.6) is 0 Å². The van der Waals surface area contributed by atoms with Crippen LogP contribution >= 0.6 is 24.8 Å². The standard InChI is InChI=1S/2C26H21.C2H6Si.2ClH.Zr/c2*1-2-7-18-16-20-9-5-11-24(26(20)17-18)23-13-6-12-22-21-10-4-3-8-19(21)14-15-25(22)23;1-3-2;;;/h2*3-6,8-17H,2,7H2,1H3;1-2H3;2*1H;. The van der Waals surface area contributed by atoms with E-state index in [1.807, 2.05) is 0 Å². The van der Waals surface area contributed by atoms with E-state index in [-0.39, 0.29) is 24.8 Å². The topological polar surface area (TPSA) is 0 Å². The first kappa shape index (κ1) is 40.7. The number of rotatable bonds is 8. The van der Waals surface area contributed by atoms with Crippen molar-refractivity contribution >= 4 is 85.5 Å². The number of hydrogen-bond acceptors (Lipinski definition) is 0. The largest absolute Gasteiger partial charge is 0.147 e. The molecule has 2 atom stereocenters. The van der Waals surface area contributed by atoms with Crippen LogP contribution in [0, 0.1) is 0 Å². The fourth-order valence-electron chi connectivity index (χ4n) is 10.4. The van der Waals surface area contributed by atoms with Gasteiger partial charge in [-0.25, -0.2) is 0 Å². The van der Waals surface area contributed by atoms with Gasteiger partial charge in [0.25, 0.3) is 0 Å². The molecule has 288 valence electrons. The molecule has 10 rings (SSSR count). The summed E-state index contributed by atoms with van der Waals surface area (Å²) in [6, 6.07) is 55.6. The zero-order valence-electron chi connectivity index (χ0n) is 33.8. The summed E-state index contributed by atoms with van der Waals surface area (Å²) in [4.78, 5) is 0. The van der Waals surface area contributed by atoms with Crippen molar-refractivity contribution in [2.24, 2.45) is 0 Å². The predicted molar refractivity (Wildman–Crippen MR) is 257 cm³/mol. The number of halogens is 2. The van der Waals surface area contributed by atoms with Gasteiger partial charge in [0.2, 0.25) is 0 Å². The molecule has 0 spiro atoms. The van der Waals surface area contributed by atoms with Crippen LogP contribution in [0.3, 0.4) is 0 Å². The quantitative estimate of drug-likeness (QED) is 0.105. The van der Waals surface area contributed by atoms with E-state index in [4.69, 9.17) is 0 Å². The van der Waals surface area contributed by atoms with E-state index < -0.39 is 25.8 Å². The molecule has 0 amide bonds. The van der Waals surface area contributed by atoms with Crippen molar-refractivity contribution in [2.45, 2.75) is 59.9 Å². The smallest absolute Gasteiger partial charge is 0.147 e. The van der Waals surface area contributed by atoms with Gasteiger partial charge in [0.1, 0.15) is 0 Å². The van der Waals surface area contributed by atoms with Gasteiger partial charge in [0.15, 0.2) is 0 Å². The van der Waals surface area contributed by atoms with E-state index in [9.17, 15) is 0 Å². The minimum atomic E-state index is -2.34. The molecule has 0 heterocycles. The van der Waals surface area contributed by atoms with Crippen molar-refractivity contribution in [1.29, 1.82) is 0 Å². The fraction of sp³-hybridized carbons (Fsp3) is 0.185. The Bertz CT molecular complexity index is 2790. The maximum absolute atomic E-state index is 2.68. The first-order valence-corrected chi connectivity index (χ1v) is 29.7. The first-order chi connectivity index (χ1) is 27.6. The van der Waals surface area contributed by atoms with E-state index in [2.05, 4.69) is 185 Å². The molecule has 0 aliphatic heterocycles. The van der Waals surface area contributed by atoms with Crippen molar-refractivity contribution in [2.75, 3.05) is 0 Å². The summed E-state index contributed by atoms with van der Waals surface area (Å²) in [7, 11) is 0. The first-order valence-electron chi connectivity index (χ1n) is 20.7. The van der Waals surface area contributed by atoms with Gasteiger partial charge in [-0.3, -0.25) is 0 Å². The summed E-state index contributed by atoms with van der Waals surface area (Å²) < 4.78 is 1.21. The molecular weight excluding hydrogens is 839 g/mol. The van der Waals surface area contributed by atoms with Crippen LogP contribution in [0.2, 0.25) is 13.1 Å². The van der Waals surface area contributed by atoms with Gasteiger partial charge in [-0.1, -0.05) is 0 Å². The second-order valence-electron chi connectivity index (χ2n) is 16.3. The van der Waals surface area contributed by atoms with Gasteiger partial charge in [-0.05, 0) is 0 Å². The van der Waals surface area contributed by atoms with Crippen molar-refractivity contribution in [3.63, 3.8) is 0 Å². The monoisotopic (exact) mass is 886 g/mol. The third kappa shape index (κ3) is 6.70. The Balaban J connectivity index is 0.00000235. The van der Waals surface area contributed by atoms with Gasteiger partial charge >= 0.3 is 342 Å². The van der Waals surface area contributed by atoms with Crippen molar-refractivity contribution in [3.05, 3.63) is 179 Å². The van der Waals surface area contributed by atoms with Crippen LogP contribution in [0.15, 0.2) is 157 Å². The van der Waals surface area contributed by atoms with Crippen molar-refractivity contribution in [3.8, 4) is 22.3 Å². The molecule has 2 aliphatic carbocycles. The Morgan fingerprint density at radius 3 is 1.24 bits per heavy atom. The number of hydrogen-bond donors (Lipinski definition) is 0. The Morgan fingerprint density at radius 1 is 0.414 bits per heavy atom. The van der Waals surface area contributed by atoms with Crippen LogP contribution in [0.25, 0.3) is 77.5 Å². The van der Waals surface area contributed by atoms with E-state index in [0.717, 1.165) is 0 Å². The summed E-state index contributed by atoms with van der Waals surface area (Å²) in [6.07, 6.45) is 10.1. The summed E-state index contributed by atoms with van der Waals surface area (Å²) in [5, 5.41) is 10.7. The molecule has 0 saturated heterocycles. The predicted octanol–water partition coefficient (Wildman–Crippen LogP) is 16.5. The molecule has 0 fully saturated rings. The Labute approximate surface area is 364 Å². The molecule has 0 saturated carbocycles. The molecular formula is C54H50Cl2SiZr. The van der Waals surface area contributed by atoms with E-state index in [1.54, 1.807) is 22.3 Å². The van der Waals surface area contributed by atoms with Crippen molar-refractivity contribution in [1.82, 2.24) is 0 Å². The molecule has 0 bridgehead atoms. The summed E-state index contributed by atoms with van der Waals surface area (Å²) in [5.41, 5.74) is 14.7. The Hall–Kier alpha value is -4.04. The van der Waals surface area contributed by atoms with Crippen LogP contribution in [0.4, 0.5) is 0 Å². The number of allylic oxidation sites excluding steroid dienone is 2. The summed E-state index contributed by atoms with van der Waals surface area (Å²) in [5.74, 6) is 0. The van der Waals surface area contributed by atoms with Gasteiger partial charge in [-0.2, -0.15) is 0 Å². The molecule has 8 aromatic carbocycles. The summed E-state index contributed by atoms with van der Waals surface area (Å²) in [6.45, 7) is 10.1. The molecule has 0 N–H and O–H groups in total. The zero-order valence-corrected chi connectivity index (χ0v) is 38.9. The van der Waals surface area contributed by atoms with E-state index in [1.165, 1.54) is 102 Å². The summed E-state index contributed by atoms with van der Waals surface area (Å²) >= 11 is -2.34. The normalized spacial score (nSPS) is 15.4. The minimum Gasteiger partial charge on any atom is -0.147 e. The van der Waals surface area contributed by atoms with E-state index >= 15 is 0 Å². The Morgan fingerprint density at radius 2 is 0.810 bits per heavy atom.